The maximum Gasteiger partial charge on any atom is 0.242 e. The molecule has 28 heavy (non-hydrogen) atoms. The van der Waals surface area contributed by atoms with Crippen LogP contribution in [0.1, 0.15) is 18.0 Å². The smallest absolute Gasteiger partial charge is 0.242 e. The summed E-state index contributed by atoms with van der Waals surface area (Å²) in [6, 6.07) is 8.50. The van der Waals surface area contributed by atoms with E-state index < -0.39 is 10.0 Å². The second-order valence-corrected chi connectivity index (χ2v) is 9.01. The minimum atomic E-state index is -3.52. The molecule has 0 radical (unpaired) electrons. The van der Waals surface area contributed by atoms with Crippen molar-refractivity contribution >= 4 is 27.0 Å². The van der Waals surface area contributed by atoms with Crippen LogP contribution in [0.15, 0.2) is 45.9 Å². The fourth-order valence-electron chi connectivity index (χ4n) is 2.96. The summed E-state index contributed by atoms with van der Waals surface area (Å²) in [7, 11) is 3.07. The Bertz CT molecular complexity index is 1080. The van der Waals surface area contributed by atoms with Crippen LogP contribution in [0.3, 0.4) is 0 Å². The van der Waals surface area contributed by atoms with Crippen molar-refractivity contribution in [2.45, 2.75) is 24.3 Å². The van der Waals surface area contributed by atoms with Gasteiger partial charge in [0.15, 0.2) is 0 Å². The van der Waals surface area contributed by atoms with Crippen LogP contribution in [-0.4, -0.2) is 54.2 Å². The largest absolute Gasteiger partial charge is 0.467 e. The van der Waals surface area contributed by atoms with Gasteiger partial charge in [-0.3, -0.25) is 4.79 Å². The number of nitrogens with zero attached hydrogens (tertiary/aromatic N) is 4. The van der Waals surface area contributed by atoms with Gasteiger partial charge in [0.05, 0.1) is 28.7 Å². The maximum atomic E-state index is 12.4. The number of sulfonamides is 1. The molecule has 3 rings (SSSR count). The summed E-state index contributed by atoms with van der Waals surface area (Å²) in [5.41, 5.74) is 1.42. The van der Waals surface area contributed by atoms with E-state index in [1.165, 1.54) is 18.4 Å². The van der Waals surface area contributed by atoms with Crippen molar-refractivity contribution in [2.24, 2.45) is 7.05 Å². The summed E-state index contributed by atoms with van der Waals surface area (Å²) in [6.45, 7) is 0.417. The average molecular weight is 404 g/mol. The SMILES string of the molecule is CN(Cc1ccco1)C(=O)CCc1nc2cc(S(=O)(=O)N(C)C)ccc2n1C. The number of carbonyl (C=O) groups excluding carboxylic acids is 1. The highest BCUT2D eigenvalue weighted by atomic mass is 32.2. The molecule has 1 amide bonds. The monoisotopic (exact) mass is 404 g/mol. The fourth-order valence-corrected chi connectivity index (χ4v) is 3.88. The Morgan fingerprint density at radius 1 is 1.21 bits per heavy atom. The van der Waals surface area contributed by atoms with Crippen LogP contribution >= 0.6 is 0 Å². The highest BCUT2D eigenvalue weighted by Gasteiger charge is 2.19. The highest BCUT2D eigenvalue weighted by Crippen LogP contribution is 2.22. The second kappa shape index (κ2) is 7.76. The number of hydrogen-bond donors (Lipinski definition) is 0. The molecule has 0 aliphatic rings. The van der Waals surface area contributed by atoms with Crippen LogP contribution in [0.2, 0.25) is 0 Å². The fraction of sp³-hybridized carbons (Fsp3) is 0.368. The van der Waals surface area contributed by atoms with Crippen LogP contribution in [0, 0.1) is 0 Å². The Morgan fingerprint density at radius 2 is 1.96 bits per heavy atom. The molecule has 0 unspecified atom stereocenters. The van der Waals surface area contributed by atoms with E-state index in [9.17, 15) is 13.2 Å². The second-order valence-electron chi connectivity index (χ2n) is 6.85. The molecular formula is C19H24N4O4S. The molecule has 8 nitrogen and oxygen atoms in total. The number of imidazole rings is 1. The lowest BCUT2D eigenvalue weighted by Crippen LogP contribution is -2.26. The number of aromatic nitrogens is 2. The van der Waals surface area contributed by atoms with Crippen LogP contribution in [-0.2, 0) is 34.8 Å². The zero-order valence-corrected chi connectivity index (χ0v) is 17.2. The number of hydrogen-bond acceptors (Lipinski definition) is 5. The van der Waals surface area contributed by atoms with E-state index >= 15 is 0 Å². The van der Waals surface area contributed by atoms with Gasteiger partial charge in [0.1, 0.15) is 11.6 Å². The van der Waals surface area contributed by atoms with Crippen LogP contribution < -0.4 is 0 Å². The number of furan rings is 1. The number of fused-ring (bicyclic) bond motifs is 1. The van der Waals surface area contributed by atoms with Gasteiger partial charge >= 0.3 is 0 Å². The Morgan fingerprint density at radius 3 is 2.61 bits per heavy atom. The number of carbonyl (C=O) groups is 1. The van der Waals surface area contributed by atoms with Gasteiger partial charge in [-0.25, -0.2) is 17.7 Å². The molecule has 0 atom stereocenters. The van der Waals surface area contributed by atoms with E-state index in [1.807, 2.05) is 17.7 Å². The van der Waals surface area contributed by atoms with Crippen LogP contribution in [0.5, 0.6) is 0 Å². The van der Waals surface area contributed by atoms with E-state index in [0.717, 1.165) is 17.1 Å². The number of benzene rings is 1. The molecule has 3 aromatic rings. The molecule has 0 fully saturated rings. The lowest BCUT2D eigenvalue weighted by atomic mass is 10.2. The Kier molecular flexibility index (Phi) is 5.57. The third kappa shape index (κ3) is 3.95. The molecule has 0 bridgehead atoms. The van der Waals surface area contributed by atoms with Crippen molar-refractivity contribution in [3.63, 3.8) is 0 Å². The van der Waals surface area contributed by atoms with Gasteiger partial charge < -0.3 is 13.9 Å². The zero-order valence-electron chi connectivity index (χ0n) is 16.4. The van der Waals surface area contributed by atoms with Crippen molar-refractivity contribution < 1.29 is 17.6 Å². The molecule has 150 valence electrons. The van der Waals surface area contributed by atoms with Crippen molar-refractivity contribution in [3.05, 3.63) is 48.2 Å². The van der Waals surface area contributed by atoms with Gasteiger partial charge in [-0.05, 0) is 30.3 Å². The van der Waals surface area contributed by atoms with E-state index in [0.29, 0.717) is 24.9 Å². The lowest BCUT2D eigenvalue weighted by molar-refractivity contribution is -0.130. The molecule has 0 spiro atoms. The third-order valence-electron chi connectivity index (χ3n) is 4.68. The first-order valence-electron chi connectivity index (χ1n) is 8.84. The Balaban J connectivity index is 1.74. The van der Waals surface area contributed by atoms with Gasteiger partial charge in [-0.1, -0.05) is 0 Å². The van der Waals surface area contributed by atoms with Crippen LogP contribution in [0.25, 0.3) is 11.0 Å². The van der Waals surface area contributed by atoms with Gasteiger partial charge in [-0.15, -0.1) is 0 Å². The molecule has 9 heteroatoms. The number of amides is 1. The molecule has 2 aromatic heterocycles. The molecule has 0 aliphatic heterocycles. The Hall–Kier alpha value is -2.65. The summed E-state index contributed by atoms with van der Waals surface area (Å²) in [4.78, 5) is 18.7. The van der Waals surface area contributed by atoms with Crippen molar-refractivity contribution in [3.8, 4) is 0 Å². The first-order valence-corrected chi connectivity index (χ1v) is 10.3. The minimum Gasteiger partial charge on any atom is -0.467 e. The van der Waals surface area contributed by atoms with Crippen molar-refractivity contribution in [1.82, 2.24) is 18.8 Å². The predicted octanol–water partition coefficient (Wildman–Crippen LogP) is 2.01. The molecule has 2 heterocycles. The summed E-state index contributed by atoms with van der Waals surface area (Å²) in [6.07, 6.45) is 2.34. The lowest BCUT2D eigenvalue weighted by Gasteiger charge is -2.15. The van der Waals surface area contributed by atoms with Gasteiger partial charge in [-0.2, -0.15) is 0 Å². The average Bonchev–Trinajstić information content (AvgIpc) is 3.27. The third-order valence-corrected chi connectivity index (χ3v) is 6.50. The van der Waals surface area contributed by atoms with Gasteiger partial charge in [0.25, 0.3) is 0 Å². The molecule has 0 saturated heterocycles. The first-order chi connectivity index (χ1) is 13.2. The molecule has 0 N–H and O–H groups in total. The predicted molar refractivity (Wildman–Crippen MR) is 105 cm³/mol. The number of aryl methyl sites for hydroxylation is 2. The Labute approximate surface area is 164 Å². The standard InChI is InChI=1S/C19H24N4O4S/c1-21(2)28(25,26)15-7-8-17-16(12-15)20-18(23(17)4)9-10-19(24)22(3)13-14-6-5-11-27-14/h5-8,11-12H,9-10,13H2,1-4H3. The molecule has 1 aromatic carbocycles. The van der Waals surface area contributed by atoms with E-state index in [1.54, 1.807) is 42.5 Å². The summed E-state index contributed by atoms with van der Waals surface area (Å²) < 4.78 is 33.0. The highest BCUT2D eigenvalue weighted by molar-refractivity contribution is 7.89. The minimum absolute atomic E-state index is 0.0145. The molecule has 0 saturated carbocycles. The van der Waals surface area contributed by atoms with E-state index in [2.05, 4.69) is 4.98 Å². The maximum absolute atomic E-state index is 12.4. The first kappa shape index (κ1) is 20.1. The zero-order chi connectivity index (χ0) is 20.5. The quantitative estimate of drug-likeness (QED) is 0.601. The number of rotatable bonds is 7. The van der Waals surface area contributed by atoms with Gasteiger partial charge in [0, 0.05) is 41.0 Å². The van der Waals surface area contributed by atoms with Gasteiger partial charge in [0.2, 0.25) is 15.9 Å². The topological polar surface area (TPSA) is 88.7 Å². The van der Waals surface area contributed by atoms with E-state index in [-0.39, 0.29) is 10.8 Å². The van der Waals surface area contributed by atoms with E-state index in [4.69, 9.17) is 4.42 Å². The molecular weight excluding hydrogens is 380 g/mol. The molecule has 0 aliphatic carbocycles. The normalized spacial score (nSPS) is 12.0. The summed E-state index contributed by atoms with van der Waals surface area (Å²) in [5.74, 6) is 1.45. The summed E-state index contributed by atoms with van der Waals surface area (Å²) >= 11 is 0. The summed E-state index contributed by atoms with van der Waals surface area (Å²) in [5, 5.41) is 0. The van der Waals surface area contributed by atoms with Crippen LogP contribution in [0.4, 0.5) is 0 Å². The van der Waals surface area contributed by atoms with Crippen molar-refractivity contribution in [1.29, 1.82) is 0 Å². The van der Waals surface area contributed by atoms with Crippen molar-refractivity contribution in [2.75, 3.05) is 21.1 Å².